The first-order chi connectivity index (χ1) is 15.3. The Bertz CT molecular complexity index is 1250. The fraction of sp³-hybridized carbons (Fsp3) is 0.158. The predicted octanol–water partition coefficient (Wildman–Crippen LogP) is 0.0211. The molecule has 1 aliphatic rings. The number of benzene rings is 2. The number of amides is 4. The number of hydrazine groups is 1. The zero-order valence-electron chi connectivity index (χ0n) is 17.3. The molecular formula is C19H18N4O8S2. The molecule has 14 heteroatoms. The lowest BCUT2D eigenvalue weighted by Crippen LogP contribution is -2.41. The van der Waals surface area contributed by atoms with Crippen molar-refractivity contribution in [2.24, 2.45) is 0 Å². The Morgan fingerprint density at radius 1 is 0.667 bits per heavy atom. The summed E-state index contributed by atoms with van der Waals surface area (Å²) in [6, 6.07) is 9.80. The van der Waals surface area contributed by atoms with Crippen LogP contribution >= 0.6 is 0 Å². The number of nitrogens with zero attached hydrogens (tertiary/aromatic N) is 2. The van der Waals surface area contributed by atoms with E-state index in [0.29, 0.717) is 0 Å². The van der Waals surface area contributed by atoms with Gasteiger partial charge < -0.3 is 0 Å². The van der Waals surface area contributed by atoms with E-state index in [9.17, 15) is 36.0 Å². The molecule has 0 saturated carbocycles. The minimum absolute atomic E-state index is 0.169. The van der Waals surface area contributed by atoms with Crippen molar-refractivity contribution in [2.75, 3.05) is 10.0 Å². The van der Waals surface area contributed by atoms with Crippen molar-refractivity contribution < 1.29 is 36.0 Å². The number of anilines is 2. The van der Waals surface area contributed by atoms with Gasteiger partial charge in [-0.05, 0) is 48.5 Å². The lowest BCUT2D eigenvalue weighted by atomic mass is 10.3. The monoisotopic (exact) mass is 494 g/mol. The van der Waals surface area contributed by atoms with Gasteiger partial charge in [-0.25, -0.2) is 36.3 Å². The van der Waals surface area contributed by atoms with Crippen molar-refractivity contribution in [3.8, 4) is 0 Å². The van der Waals surface area contributed by atoms with E-state index in [-0.39, 0.29) is 21.2 Å². The van der Waals surface area contributed by atoms with Crippen LogP contribution in [0.15, 0.2) is 58.3 Å². The van der Waals surface area contributed by atoms with Crippen LogP contribution < -0.4 is 19.5 Å². The van der Waals surface area contributed by atoms with Gasteiger partial charge in [-0.2, -0.15) is 0 Å². The molecule has 1 heterocycles. The molecule has 3 rings (SSSR count). The highest BCUT2D eigenvalue weighted by Gasteiger charge is 2.38. The molecule has 1 fully saturated rings. The highest BCUT2D eigenvalue weighted by Crippen LogP contribution is 2.30. The van der Waals surface area contributed by atoms with Gasteiger partial charge in [0.25, 0.3) is 31.9 Å². The first kappa shape index (κ1) is 23.9. The molecule has 2 aromatic rings. The first-order valence-electron chi connectivity index (χ1n) is 9.24. The molecule has 0 spiro atoms. The third-order valence-electron chi connectivity index (χ3n) is 4.31. The average molecular weight is 495 g/mol. The largest absolute Gasteiger partial charge is 0.274 e. The van der Waals surface area contributed by atoms with Gasteiger partial charge in [0.15, 0.2) is 0 Å². The summed E-state index contributed by atoms with van der Waals surface area (Å²) in [4.78, 5) is 46.7. The molecule has 0 aliphatic carbocycles. The molecule has 2 N–H and O–H groups in total. The van der Waals surface area contributed by atoms with Crippen molar-refractivity contribution >= 4 is 55.1 Å². The van der Waals surface area contributed by atoms with Gasteiger partial charge in [0, 0.05) is 13.8 Å². The first-order valence-corrected chi connectivity index (χ1v) is 12.2. The fourth-order valence-corrected chi connectivity index (χ4v) is 5.03. The molecule has 1 aliphatic heterocycles. The van der Waals surface area contributed by atoms with Crippen molar-refractivity contribution in [1.29, 1.82) is 0 Å². The molecule has 0 bridgehead atoms. The third kappa shape index (κ3) is 5.01. The summed E-state index contributed by atoms with van der Waals surface area (Å²) < 4.78 is 52.1. The zero-order valence-corrected chi connectivity index (χ0v) is 18.9. The zero-order chi connectivity index (χ0) is 24.6. The normalized spacial score (nSPS) is 14.4. The topological polar surface area (TPSA) is 167 Å². The van der Waals surface area contributed by atoms with Crippen molar-refractivity contribution in [3.63, 3.8) is 0 Å². The van der Waals surface area contributed by atoms with Crippen molar-refractivity contribution in [3.05, 3.63) is 48.5 Å². The molecule has 12 nitrogen and oxygen atoms in total. The molecular weight excluding hydrogens is 476 g/mol. The summed E-state index contributed by atoms with van der Waals surface area (Å²) in [7, 11) is -8.18. The summed E-state index contributed by atoms with van der Waals surface area (Å²) in [5.41, 5.74) is 0.338. The van der Waals surface area contributed by atoms with Crippen LogP contribution in [-0.4, -0.2) is 40.5 Å². The Hall–Kier alpha value is -3.78. The minimum Gasteiger partial charge on any atom is -0.274 e. The molecule has 0 aromatic heterocycles. The molecule has 174 valence electrons. The van der Waals surface area contributed by atoms with Gasteiger partial charge in [-0.3, -0.25) is 19.2 Å². The number of nitrogens with one attached hydrogen (secondary N) is 2. The van der Waals surface area contributed by atoms with Crippen molar-refractivity contribution in [2.45, 2.75) is 30.1 Å². The molecule has 0 radical (unpaired) electrons. The van der Waals surface area contributed by atoms with Crippen LogP contribution in [0.4, 0.5) is 11.4 Å². The third-order valence-corrected chi connectivity index (χ3v) is 7.21. The van der Waals surface area contributed by atoms with E-state index in [0.717, 1.165) is 48.1 Å². The predicted molar refractivity (Wildman–Crippen MR) is 114 cm³/mol. The molecule has 1 saturated heterocycles. The van der Waals surface area contributed by atoms with Crippen LogP contribution in [0.1, 0.15) is 20.3 Å². The summed E-state index contributed by atoms with van der Waals surface area (Å²) >= 11 is 0. The molecule has 33 heavy (non-hydrogen) atoms. The standard InChI is InChI=1S/C19H18N4O8S2/c1-12(24)20-32(28,29)16-7-3-14(4-8-16)22-18(26)11-19(27)23(22)15-5-9-17(10-6-15)33(30,31)21-13(2)25/h3-10H,11H2,1-2H3,(H,20,24)(H,21,25). The Morgan fingerprint density at radius 2 is 0.970 bits per heavy atom. The van der Waals surface area contributed by atoms with Gasteiger partial charge >= 0.3 is 0 Å². The van der Waals surface area contributed by atoms with E-state index in [1.807, 2.05) is 9.44 Å². The molecule has 0 atom stereocenters. The smallest absolute Gasteiger partial charge is 0.264 e. The SMILES string of the molecule is CC(=O)NS(=O)(=O)c1ccc(N2C(=O)CC(=O)N2c2ccc(S(=O)(=O)NC(C)=O)cc2)cc1. The number of rotatable bonds is 6. The second-order valence-corrected chi connectivity index (χ2v) is 10.3. The number of carbonyl (C=O) groups is 4. The van der Waals surface area contributed by atoms with E-state index >= 15 is 0 Å². The van der Waals surface area contributed by atoms with E-state index in [4.69, 9.17) is 0 Å². The van der Waals surface area contributed by atoms with E-state index in [1.54, 1.807) is 0 Å². The second-order valence-electron chi connectivity index (χ2n) is 6.90. The Kier molecular flexibility index (Phi) is 6.24. The van der Waals surface area contributed by atoms with Crippen LogP contribution in [-0.2, 0) is 39.2 Å². The quantitative estimate of drug-likeness (QED) is 0.530. The molecule has 4 amide bonds. The summed E-state index contributed by atoms with van der Waals surface area (Å²) in [6.07, 6.45) is -0.460. The van der Waals surface area contributed by atoms with Crippen LogP contribution in [0.25, 0.3) is 0 Å². The van der Waals surface area contributed by atoms with E-state index < -0.39 is 50.1 Å². The van der Waals surface area contributed by atoms with E-state index in [1.165, 1.54) is 24.3 Å². The van der Waals surface area contributed by atoms with Crippen LogP contribution in [0.2, 0.25) is 0 Å². The number of hydrogen-bond donors (Lipinski definition) is 2. The Labute approximate surface area is 189 Å². The van der Waals surface area contributed by atoms with Gasteiger partial charge in [0.05, 0.1) is 21.2 Å². The lowest BCUT2D eigenvalue weighted by Gasteiger charge is -2.28. The number of sulfonamides is 2. The highest BCUT2D eigenvalue weighted by molar-refractivity contribution is 7.90. The van der Waals surface area contributed by atoms with Crippen LogP contribution in [0.5, 0.6) is 0 Å². The van der Waals surface area contributed by atoms with E-state index in [2.05, 4.69) is 0 Å². The molecule has 0 unspecified atom stereocenters. The maximum Gasteiger partial charge on any atom is 0.264 e. The summed E-state index contributed by atoms with van der Waals surface area (Å²) in [6.45, 7) is 2.09. The number of hydrogen-bond acceptors (Lipinski definition) is 8. The maximum atomic E-state index is 12.5. The second kappa shape index (κ2) is 8.63. The van der Waals surface area contributed by atoms with Gasteiger partial charge in [-0.1, -0.05) is 0 Å². The van der Waals surface area contributed by atoms with Crippen LogP contribution in [0, 0.1) is 0 Å². The van der Waals surface area contributed by atoms with Crippen LogP contribution in [0.3, 0.4) is 0 Å². The van der Waals surface area contributed by atoms with Gasteiger partial charge in [0.1, 0.15) is 6.42 Å². The minimum atomic E-state index is -4.09. The Balaban J connectivity index is 1.93. The summed E-state index contributed by atoms with van der Waals surface area (Å²) in [5.74, 6) is -2.72. The van der Waals surface area contributed by atoms with Gasteiger partial charge in [-0.15, -0.1) is 0 Å². The Morgan fingerprint density at radius 3 is 1.24 bits per heavy atom. The maximum absolute atomic E-state index is 12.5. The number of carbonyl (C=O) groups excluding carboxylic acids is 4. The van der Waals surface area contributed by atoms with Crippen molar-refractivity contribution in [1.82, 2.24) is 9.44 Å². The van der Waals surface area contributed by atoms with Gasteiger partial charge in [0.2, 0.25) is 11.8 Å². The lowest BCUT2D eigenvalue weighted by molar-refractivity contribution is -0.122. The average Bonchev–Trinajstić information content (AvgIpc) is 3.00. The molecule has 2 aromatic carbocycles. The summed E-state index contributed by atoms with van der Waals surface area (Å²) in [5, 5.41) is 2.04. The fourth-order valence-electron chi connectivity index (χ4n) is 3.05. The highest BCUT2D eigenvalue weighted by atomic mass is 32.2.